The van der Waals surface area contributed by atoms with E-state index in [4.69, 9.17) is 0 Å². The minimum atomic E-state index is -0.440. The van der Waals surface area contributed by atoms with Crippen LogP contribution in [-0.4, -0.2) is 38.2 Å². The van der Waals surface area contributed by atoms with Crippen LogP contribution in [0.1, 0.15) is 79.6 Å². The molecule has 7 heteroatoms. The quantitative estimate of drug-likeness (QED) is 0.325. The summed E-state index contributed by atoms with van der Waals surface area (Å²) < 4.78 is 4.49. The Balaban J connectivity index is -0.0000000733. The SMILES string of the molecule is CCCC[O-].CCCC[O-].CCCC[O-].CCOC(=O)CC(C)=O.[Ti+3]. The van der Waals surface area contributed by atoms with Crippen molar-refractivity contribution in [2.75, 3.05) is 26.4 Å². The zero-order valence-electron chi connectivity index (χ0n) is 16.7. The van der Waals surface area contributed by atoms with Gasteiger partial charge in [0.25, 0.3) is 0 Å². The summed E-state index contributed by atoms with van der Waals surface area (Å²) in [5, 5.41) is 28.6. The molecule has 0 saturated carbocycles. The van der Waals surface area contributed by atoms with Gasteiger partial charge in [0.15, 0.2) is 0 Å². The average Bonchev–Trinajstić information content (AvgIpc) is 2.51. The van der Waals surface area contributed by atoms with Crippen LogP contribution in [0.2, 0.25) is 0 Å². The predicted molar refractivity (Wildman–Crippen MR) is 91.3 cm³/mol. The zero-order valence-corrected chi connectivity index (χ0v) is 18.3. The van der Waals surface area contributed by atoms with Crippen LogP contribution in [-0.2, 0) is 36.0 Å². The summed E-state index contributed by atoms with van der Waals surface area (Å²) >= 11 is 0. The summed E-state index contributed by atoms with van der Waals surface area (Å²) in [5.74, 6) is -0.599. The number of hydrogen-bond acceptors (Lipinski definition) is 6. The van der Waals surface area contributed by atoms with Crippen molar-refractivity contribution in [3.63, 3.8) is 0 Å². The molecule has 1 radical (unpaired) electrons. The molecule has 0 aliphatic heterocycles. The molecule has 0 atom stereocenters. The molecule has 0 heterocycles. The van der Waals surface area contributed by atoms with Crippen molar-refractivity contribution in [3.05, 3.63) is 0 Å². The van der Waals surface area contributed by atoms with Crippen molar-refractivity contribution in [1.82, 2.24) is 0 Å². The molecule has 149 valence electrons. The van der Waals surface area contributed by atoms with Gasteiger partial charge < -0.3 is 20.1 Å². The number of ketones is 1. The number of esters is 1. The van der Waals surface area contributed by atoms with Crippen LogP contribution in [0.15, 0.2) is 0 Å². The maximum atomic E-state index is 10.4. The van der Waals surface area contributed by atoms with Crippen molar-refractivity contribution in [3.8, 4) is 0 Å². The van der Waals surface area contributed by atoms with Gasteiger partial charge in [-0.05, 0) is 13.8 Å². The first-order valence-electron chi connectivity index (χ1n) is 8.80. The van der Waals surface area contributed by atoms with Gasteiger partial charge in [0.2, 0.25) is 0 Å². The molecule has 0 aromatic heterocycles. The van der Waals surface area contributed by atoms with Gasteiger partial charge in [0.05, 0.1) is 6.61 Å². The average molecular weight is 397 g/mol. The molecule has 0 bridgehead atoms. The van der Waals surface area contributed by atoms with Gasteiger partial charge in [-0.3, -0.25) is 9.59 Å². The number of hydrogen-bond donors (Lipinski definition) is 0. The third-order valence-electron chi connectivity index (χ3n) is 2.19. The van der Waals surface area contributed by atoms with Crippen LogP contribution in [0.4, 0.5) is 0 Å². The van der Waals surface area contributed by atoms with E-state index in [1.54, 1.807) is 6.92 Å². The van der Waals surface area contributed by atoms with E-state index in [1.807, 2.05) is 20.8 Å². The Labute approximate surface area is 169 Å². The van der Waals surface area contributed by atoms with Crippen LogP contribution >= 0.6 is 0 Å². The molecule has 0 amide bonds. The summed E-state index contributed by atoms with van der Waals surface area (Å²) in [6.07, 6.45) is 5.49. The molecule has 0 aromatic carbocycles. The maximum absolute atomic E-state index is 10.4. The summed E-state index contributed by atoms with van der Waals surface area (Å²) in [5.41, 5.74) is 0. The molecule has 0 aliphatic rings. The minimum absolute atomic E-state index is 0. The molecule has 6 nitrogen and oxygen atoms in total. The number of Topliss-reactive ketones (excluding diaryl/α,β-unsaturated/α-hetero) is 1. The summed E-state index contributed by atoms with van der Waals surface area (Å²) in [7, 11) is 0. The fourth-order valence-electron chi connectivity index (χ4n) is 0.848. The van der Waals surface area contributed by atoms with Crippen molar-refractivity contribution in [2.45, 2.75) is 79.6 Å². The smallest absolute Gasteiger partial charge is 0.854 e. The van der Waals surface area contributed by atoms with E-state index in [-0.39, 0.29) is 53.7 Å². The van der Waals surface area contributed by atoms with E-state index in [9.17, 15) is 24.9 Å². The normalized spacial score (nSPS) is 8.16. The Hall–Kier alpha value is -0.266. The topological polar surface area (TPSA) is 113 Å². The molecule has 25 heavy (non-hydrogen) atoms. The minimum Gasteiger partial charge on any atom is -0.854 e. The predicted octanol–water partition coefficient (Wildman–Crippen LogP) is 0.967. The van der Waals surface area contributed by atoms with Gasteiger partial charge in [-0.1, -0.05) is 59.3 Å². The Bertz CT molecular complexity index is 217. The van der Waals surface area contributed by atoms with E-state index in [0.29, 0.717) is 6.61 Å². The van der Waals surface area contributed by atoms with Crippen LogP contribution in [0, 0.1) is 0 Å². The fraction of sp³-hybridized carbons (Fsp3) is 0.889. The van der Waals surface area contributed by atoms with Gasteiger partial charge in [-0.25, -0.2) is 0 Å². The van der Waals surface area contributed by atoms with Gasteiger partial charge in [0, 0.05) is 0 Å². The summed E-state index contributed by atoms with van der Waals surface area (Å²) in [6, 6.07) is 0. The number of carbonyl (C=O) groups is 2. The van der Waals surface area contributed by atoms with Gasteiger partial charge in [-0.15, -0.1) is 19.8 Å². The van der Waals surface area contributed by atoms with Crippen LogP contribution in [0.5, 0.6) is 0 Å². The summed E-state index contributed by atoms with van der Waals surface area (Å²) in [6.45, 7) is 9.72. The molecule has 0 aromatic rings. The van der Waals surface area contributed by atoms with Crippen molar-refractivity contribution >= 4 is 11.8 Å². The van der Waals surface area contributed by atoms with Crippen LogP contribution in [0.3, 0.4) is 0 Å². The van der Waals surface area contributed by atoms with Crippen molar-refractivity contribution in [1.29, 1.82) is 0 Å². The molecule has 0 saturated heterocycles. The molecular formula is C18H37O6Ti. The first-order chi connectivity index (χ1) is 11.4. The third kappa shape index (κ3) is 69.1. The number of unbranched alkanes of at least 4 members (excludes halogenated alkanes) is 3. The standard InChI is InChI=1S/C6H10O3.3C4H9O.Ti/c1-3-9-6(8)4-5(2)7;3*1-2-3-4-5;/h3-4H2,1-2H3;3*2-4H2,1H3;/q;3*-1;+3. The van der Waals surface area contributed by atoms with Gasteiger partial charge >= 0.3 is 27.7 Å². The Kier molecular flexibility index (Phi) is 55.8. The van der Waals surface area contributed by atoms with Crippen LogP contribution < -0.4 is 15.3 Å². The monoisotopic (exact) mass is 397 g/mol. The molecular weight excluding hydrogens is 360 g/mol. The maximum Gasteiger partial charge on any atom is 3.00 e. The van der Waals surface area contributed by atoms with E-state index in [0.717, 1.165) is 38.5 Å². The largest absolute Gasteiger partial charge is 3.00 e. The number of carbonyl (C=O) groups excluding carboxylic acids is 2. The van der Waals surface area contributed by atoms with Crippen molar-refractivity contribution < 1.29 is 51.4 Å². The Morgan fingerprint density at radius 2 is 1.08 bits per heavy atom. The Morgan fingerprint density at radius 1 is 0.760 bits per heavy atom. The Morgan fingerprint density at radius 3 is 1.20 bits per heavy atom. The molecule has 0 N–H and O–H groups in total. The van der Waals surface area contributed by atoms with E-state index < -0.39 is 5.97 Å². The zero-order chi connectivity index (χ0) is 19.6. The second-order valence-corrected chi connectivity index (χ2v) is 4.86. The first kappa shape index (κ1) is 35.8. The number of ether oxygens (including phenoxy) is 1. The first-order valence-corrected chi connectivity index (χ1v) is 8.80. The van der Waals surface area contributed by atoms with Gasteiger partial charge in [0.1, 0.15) is 12.2 Å². The van der Waals surface area contributed by atoms with Crippen LogP contribution in [0.25, 0.3) is 0 Å². The van der Waals surface area contributed by atoms with Gasteiger partial charge in [-0.2, -0.15) is 0 Å². The summed E-state index contributed by atoms with van der Waals surface area (Å²) in [4.78, 5) is 20.6. The second kappa shape index (κ2) is 39.0. The number of rotatable bonds is 9. The fourth-order valence-corrected chi connectivity index (χ4v) is 0.848. The molecule has 0 aliphatic carbocycles. The van der Waals surface area contributed by atoms with E-state index in [1.165, 1.54) is 6.92 Å². The van der Waals surface area contributed by atoms with Crippen molar-refractivity contribution in [2.24, 2.45) is 0 Å². The van der Waals surface area contributed by atoms with E-state index in [2.05, 4.69) is 4.74 Å². The molecule has 0 fully saturated rings. The molecule has 0 unspecified atom stereocenters. The second-order valence-electron chi connectivity index (χ2n) is 4.86. The third-order valence-corrected chi connectivity index (χ3v) is 2.19. The molecule has 0 spiro atoms. The van der Waals surface area contributed by atoms with E-state index >= 15 is 0 Å². The molecule has 0 rings (SSSR count).